The Kier molecular flexibility index (Phi) is 5.88. The summed E-state index contributed by atoms with van der Waals surface area (Å²) < 4.78 is 26.1. The lowest BCUT2D eigenvalue weighted by atomic mass is 9.96. The summed E-state index contributed by atoms with van der Waals surface area (Å²) in [6.45, 7) is 2.55. The highest BCUT2D eigenvalue weighted by molar-refractivity contribution is 5.97. The second-order valence-electron chi connectivity index (χ2n) is 6.41. The molecule has 3 rings (SSSR count). The zero-order valence-corrected chi connectivity index (χ0v) is 15.2. The molecular weight excluding hydrogens is 337 g/mol. The number of hydrogen-bond acceptors (Lipinski definition) is 4. The van der Waals surface area contributed by atoms with E-state index in [9.17, 15) is 9.18 Å². The van der Waals surface area contributed by atoms with Gasteiger partial charge >= 0.3 is 0 Å². The minimum atomic E-state index is -0.446. The fraction of sp³-hybridized carbons (Fsp3) is 0.474. The van der Waals surface area contributed by atoms with E-state index in [2.05, 4.69) is 9.55 Å². The molecule has 0 spiro atoms. The highest BCUT2D eigenvalue weighted by Gasteiger charge is 2.29. The van der Waals surface area contributed by atoms with Crippen LogP contribution in [0.1, 0.15) is 34.9 Å². The number of hydrogen-bond donors (Lipinski definition) is 0. The molecule has 1 aliphatic rings. The van der Waals surface area contributed by atoms with Gasteiger partial charge in [-0.1, -0.05) is 0 Å². The van der Waals surface area contributed by atoms with Crippen LogP contribution in [0.25, 0.3) is 0 Å². The van der Waals surface area contributed by atoms with E-state index < -0.39 is 5.82 Å². The standard InChI is InChI=1S/C19H24FN3O3/c1-25-11-10-22-9-7-21-18(22)14-4-3-8-23(13-14)19(24)16-12-15(20)5-6-17(16)26-2/h5-7,9,12,14H,3-4,8,10-11,13H2,1-2H3/t14-/m1/s1. The van der Waals surface area contributed by atoms with Crippen LogP contribution in [0.5, 0.6) is 5.75 Å². The van der Waals surface area contributed by atoms with Crippen LogP contribution in [-0.4, -0.2) is 54.3 Å². The molecule has 0 unspecified atom stereocenters. The zero-order valence-electron chi connectivity index (χ0n) is 15.2. The van der Waals surface area contributed by atoms with E-state index in [1.54, 1.807) is 18.2 Å². The van der Waals surface area contributed by atoms with E-state index in [4.69, 9.17) is 9.47 Å². The van der Waals surface area contributed by atoms with E-state index in [0.29, 0.717) is 25.4 Å². The van der Waals surface area contributed by atoms with Crippen molar-refractivity contribution in [2.45, 2.75) is 25.3 Å². The van der Waals surface area contributed by atoms with Gasteiger partial charge in [0.2, 0.25) is 0 Å². The van der Waals surface area contributed by atoms with Gasteiger partial charge in [-0.15, -0.1) is 0 Å². The molecule has 1 aliphatic heterocycles. The lowest BCUT2D eigenvalue weighted by Crippen LogP contribution is -2.40. The number of likely N-dealkylation sites (tertiary alicyclic amines) is 1. The van der Waals surface area contributed by atoms with E-state index in [1.165, 1.54) is 25.3 Å². The third kappa shape index (κ3) is 3.88. The molecule has 140 valence electrons. The Bertz CT molecular complexity index is 762. The lowest BCUT2D eigenvalue weighted by molar-refractivity contribution is 0.0698. The highest BCUT2D eigenvalue weighted by atomic mass is 19.1. The Morgan fingerprint density at radius 3 is 3.00 bits per heavy atom. The first kappa shape index (κ1) is 18.4. The maximum Gasteiger partial charge on any atom is 0.257 e. The SMILES string of the molecule is COCCn1ccnc1[C@@H]1CCCN(C(=O)c2cc(F)ccc2OC)C1. The van der Waals surface area contributed by atoms with Crippen LogP contribution in [0.4, 0.5) is 4.39 Å². The molecule has 1 aromatic heterocycles. The summed E-state index contributed by atoms with van der Waals surface area (Å²) in [5.41, 5.74) is 0.260. The molecule has 0 radical (unpaired) electrons. The minimum Gasteiger partial charge on any atom is -0.496 e. The molecular formula is C19H24FN3O3. The number of benzene rings is 1. The van der Waals surface area contributed by atoms with Crippen molar-refractivity contribution in [3.8, 4) is 5.75 Å². The number of ether oxygens (including phenoxy) is 2. The smallest absolute Gasteiger partial charge is 0.257 e. The molecule has 2 aromatic rings. The number of nitrogens with zero attached hydrogens (tertiary/aromatic N) is 3. The summed E-state index contributed by atoms with van der Waals surface area (Å²) >= 11 is 0. The molecule has 0 saturated carbocycles. The Hall–Kier alpha value is -2.41. The van der Waals surface area contributed by atoms with Gasteiger partial charge in [0.05, 0.1) is 19.3 Å². The molecule has 26 heavy (non-hydrogen) atoms. The highest BCUT2D eigenvalue weighted by Crippen LogP contribution is 2.29. The summed E-state index contributed by atoms with van der Waals surface area (Å²) in [5, 5.41) is 0. The van der Waals surface area contributed by atoms with Gasteiger partial charge in [0.1, 0.15) is 17.4 Å². The predicted octanol–water partition coefficient (Wildman–Crippen LogP) is 2.70. The summed E-state index contributed by atoms with van der Waals surface area (Å²) in [7, 11) is 3.15. The van der Waals surface area contributed by atoms with Crippen molar-refractivity contribution in [1.29, 1.82) is 0 Å². The number of carbonyl (C=O) groups excluding carboxylic acids is 1. The number of aromatic nitrogens is 2. The Morgan fingerprint density at radius 2 is 2.23 bits per heavy atom. The van der Waals surface area contributed by atoms with E-state index >= 15 is 0 Å². The number of imidazole rings is 1. The molecule has 1 saturated heterocycles. The quantitative estimate of drug-likeness (QED) is 0.794. The van der Waals surface area contributed by atoms with Crippen molar-refractivity contribution in [2.24, 2.45) is 0 Å². The largest absolute Gasteiger partial charge is 0.496 e. The summed E-state index contributed by atoms with van der Waals surface area (Å²) in [5.74, 6) is 0.851. The van der Waals surface area contributed by atoms with Crippen LogP contribution >= 0.6 is 0 Å². The van der Waals surface area contributed by atoms with E-state index in [1.807, 2.05) is 6.20 Å². The summed E-state index contributed by atoms with van der Waals surface area (Å²) in [4.78, 5) is 19.2. The van der Waals surface area contributed by atoms with Crippen LogP contribution in [0, 0.1) is 5.82 Å². The molecule has 7 heteroatoms. The van der Waals surface area contributed by atoms with Gasteiger partial charge in [-0.05, 0) is 31.0 Å². The van der Waals surface area contributed by atoms with Gasteiger partial charge in [0.15, 0.2) is 0 Å². The van der Waals surface area contributed by atoms with Gasteiger partial charge in [-0.3, -0.25) is 4.79 Å². The summed E-state index contributed by atoms with van der Waals surface area (Å²) in [6.07, 6.45) is 5.56. The molecule has 1 aromatic carbocycles. The average Bonchev–Trinajstić information content (AvgIpc) is 3.14. The van der Waals surface area contributed by atoms with Crippen LogP contribution in [0.15, 0.2) is 30.6 Å². The van der Waals surface area contributed by atoms with Gasteiger partial charge in [-0.25, -0.2) is 9.37 Å². The topological polar surface area (TPSA) is 56.6 Å². The minimum absolute atomic E-state index is 0.152. The molecule has 2 heterocycles. The number of rotatable bonds is 6. The van der Waals surface area contributed by atoms with Crippen LogP contribution in [0.3, 0.4) is 0 Å². The van der Waals surface area contributed by atoms with Crippen LogP contribution in [0.2, 0.25) is 0 Å². The number of halogens is 1. The zero-order chi connectivity index (χ0) is 18.5. The first-order valence-electron chi connectivity index (χ1n) is 8.76. The predicted molar refractivity (Wildman–Crippen MR) is 94.9 cm³/mol. The Morgan fingerprint density at radius 1 is 1.38 bits per heavy atom. The lowest BCUT2D eigenvalue weighted by Gasteiger charge is -2.33. The van der Waals surface area contributed by atoms with Crippen molar-refractivity contribution >= 4 is 5.91 Å². The first-order chi connectivity index (χ1) is 12.6. The van der Waals surface area contributed by atoms with E-state index in [0.717, 1.165) is 25.2 Å². The number of amides is 1. The molecule has 1 atom stereocenters. The van der Waals surface area contributed by atoms with Crippen molar-refractivity contribution in [1.82, 2.24) is 14.5 Å². The first-order valence-corrected chi connectivity index (χ1v) is 8.76. The molecule has 1 amide bonds. The second-order valence-corrected chi connectivity index (χ2v) is 6.41. The number of piperidine rings is 1. The van der Waals surface area contributed by atoms with Gasteiger partial charge in [-0.2, -0.15) is 0 Å². The number of carbonyl (C=O) groups is 1. The fourth-order valence-electron chi connectivity index (χ4n) is 3.45. The third-order valence-corrected chi connectivity index (χ3v) is 4.75. The van der Waals surface area contributed by atoms with Gasteiger partial charge in [0.25, 0.3) is 5.91 Å². The number of methoxy groups -OCH3 is 2. The van der Waals surface area contributed by atoms with Gasteiger partial charge in [0, 0.05) is 45.1 Å². The van der Waals surface area contributed by atoms with Crippen LogP contribution in [-0.2, 0) is 11.3 Å². The van der Waals surface area contributed by atoms with Gasteiger partial charge < -0.3 is 18.9 Å². The van der Waals surface area contributed by atoms with Crippen molar-refractivity contribution in [2.75, 3.05) is 33.9 Å². The van der Waals surface area contributed by atoms with Crippen LogP contribution < -0.4 is 4.74 Å². The Labute approximate surface area is 152 Å². The van der Waals surface area contributed by atoms with Crippen molar-refractivity contribution in [3.05, 3.63) is 47.8 Å². The third-order valence-electron chi connectivity index (χ3n) is 4.75. The van der Waals surface area contributed by atoms with Crippen molar-refractivity contribution in [3.63, 3.8) is 0 Å². The molecule has 0 aliphatic carbocycles. The normalized spacial score (nSPS) is 17.3. The molecule has 1 fully saturated rings. The fourth-order valence-corrected chi connectivity index (χ4v) is 3.45. The molecule has 0 bridgehead atoms. The van der Waals surface area contributed by atoms with E-state index in [-0.39, 0.29) is 17.4 Å². The Balaban J connectivity index is 1.78. The van der Waals surface area contributed by atoms with Crippen molar-refractivity contribution < 1.29 is 18.7 Å². The monoisotopic (exact) mass is 361 g/mol. The molecule has 0 N–H and O–H groups in total. The summed E-state index contributed by atoms with van der Waals surface area (Å²) in [6, 6.07) is 4.02. The maximum atomic E-state index is 13.6. The second kappa shape index (κ2) is 8.31. The molecule has 6 nitrogen and oxygen atoms in total. The maximum absolute atomic E-state index is 13.6. The average molecular weight is 361 g/mol.